The summed E-state index contributed by atoms with van der Waals surface area (Å²) in [6.07, 6.45) is 3.34. The smallest absolute Gasteiger partial charge is 0.237 e. The fourth-order valence-electron chi connectivity index (χ4n) is 8.96. The van der Waals surface area contributed by atoms with E-state index in [9.17, 15) is 24.6 Å². The minimum absolute atomic E-state index is 0.0208. The molecule has 0 unspecified atom stereocenters. The van der Waals surface area contributed by atoms with Crippen molar-refractivity contribution in [3.63, 3.8) is 0 Å². The number of fused-ring (bicyclic) bond motifs is 4. The van der Waals surface area contributed by atoms with Crippen molar-refractivity contribution in [1.82, 2.24) is 5.32 Å². The van der Waals surface area contributed by atoms with Gasteiger partial charge in [0.15, 0.2) is 12.0 Å². The molecule has 1 spiro atoms. The molecule has 4 aliphatic heterocycles. The van der Waals surface area contributed by atoms with Gasteiger partial charge in [0.1, 0.15) is 28.6 Å². The summed E-state index contributed by atoms with van der Waals surface area (Å²) in [6, 6.07) is 7.90. The Labute approximate surface area is 239 Å². The average Bonchev–Trinajstić information content (AvgIpc) is 3.35. The number of rotatable bonds is 2. The SMILES string of the molecule is C/C1=C/[C@@H](C)C/C=C\[C@H]2[C@H](O)[C@@]3(C)O[C@@]4(C[C@]56O[C@H]5Nc5ccccc56)NC(=O)[C@]2(C(=O)CC[C@H](O)C1=O)[C@H]4[C@@H]3C. The summed E-state index contributed by atoms with van der Waals surface area (Å²) >= 11 is 0. The number of amides is 1. The van der Waals surface area contributed by atoms with Gasteiger partial charge in [0.2, 0.25) is 5.91 Å². The van der Waals surface area contributed by atoms with Crippen LogP contribution in [0.4, 0.5) is 5.69 Å². The van der Waals surface area contributed by atoms with E-state index in [1.807, 2.05) is 63.3 Å². The van der Waals surface area contributed by atoms with Crippen LogP contribution in [-0.4, -0.2) is 57.4 Å². The Morgan fingerprint density at radius 3 is 2.66 bits per heavy atom. The van der Waals surface area contributed by atoms with Gasteiger partial charge in [-0.15, -0.1) is 0 Å². The number of nitrogens with one attached hydrogen (secondary N) is 2. The van der Waals surface area contributed by atoms with Crippen LogP contribution in [0.5, 0.6) is 0 Å². The molecule has 4 fully saturated rings. The molecule has 9 nitrogen and oxygen atoms in total. The maximum absolute atomic E-state index is 14.4. The summed E-state index contributed by atoms with van der Waals surface area (Å²) in [6.45, 7) is 7.46. The molecule has 1 aromatic carbocycles. The molecule has 41 heavy (non-hydrogen) atoms. The molecule has 1 saturated carbocycles. The lowest BCUT2D eigenvalue weighted by atomic mass is 9.50. The molecule has 3 saturated heterocycles. The van der Waals surface area contributed by atoms with Crippen LogP contribution in [0, 0.1) is 29.1 Å². The van der Waals surface area contributed by atoms with E-state index in [1.54, 1.807) is 6.92 Å². The van der Waals surface area contributed by atoms with E-state index in [0.29, 0.717) is 12.0 Å². The Kier molecular flexibility index (Phi) is 5.66. The minimum Gasteiger partial charge on any atom is -0.389 e. The number of carbonyl (C=O) groups is 3. The monoisotopic (exact) mass is 562 g/mol. The molecule has 4 heterocycles. The Bertz CT molecular complexity index is 1420. The second-order valence-electron chi connectivity index (χ2n) is 13.3. The minimum atomic E-state index is -1.62. The van der Waals surface area contributed by atoms with Gasteiger partial charge in [-0.25, -0.2) is 0 Å². The van der Waals surface area contributed by atoms with Crippen LogP contribution in [0.15, 0.2) is 48.1 Å². The van der Waals surface area contributed by atoms with Gasteiger partial charge < -0.3 is 30.3 Å². The third kappa shape index (κ3) is 3.34. The predicted molar refractivity (Wildman–Crippen MR) is 148 cm³/mol. The second kappa shape index (κ2) is 8.60. The van der Waals surface area contributed by atoms with Crippen molar-refractivity contribution in [2.45, 2.75) is 88.7 Å². The number of allylic oxidation sites excluding steroid dienone is 2. The van der Waals surface area contributed by atoms with Crippen LogP contribution in [0.2, 0.25) is 0 Å². The number of para-hydroxylation sites is 1. The highest BCUT2D eigenvalue weighted by Crippen LogP contribution is 2.71. The van der Waals surface area contributed by atoms with Crippen molar-refractivity contribution in [3.8, 4) is 0 Å². The molecule has 1 amide bonds. The molecule has 0 radical (unpaired) electrons. The highest BCUT2D eigenvalue weighted by Gasteiger charge is 2.84. The van der Waals surface area contributed by atoms with E-state index in [-0.39, 0.29) is 43.1 Å². The topological polar surface area (TPSA) is 137 Å². The Balaban J connectivity index is 1.35. The fourth-order valence-corrected chi connectivity index (χ4v) is 8.96. The maximum atomic E-state index is 14.4. The lowest BCUT2D eigenvalue weighted by Gasteiger charge is -2.50. The molecule has 2 aliphatic carbocycles. The number of aliphatic hydroxyl groups excluding tert-OH is 2. The molecule has 2 bridgehead atoms. The zero-order valence-electron chi connectivity index (χ0n) is 23.8. The quantitative estimate of drug-likeness (QED) is 0.245. The number of hydrogen-bond donors (Lipinski definition) is 4. The molecule has 4 N–H and O–H groups in total. The normalized spacial score (nSPS) is 50.1. The first-order chi connectivity index (χ1) is 19.4. The summed E-state index contributed by atoms with van der Waals surface area (Å²) in [5.41, 5.74) is -2.24. The summed E-state index contributed by atoms with van der Waals surface area (Å²) in [4.78, 5) is 41.6. The summed E-state index contributed by atoms with van der Waals surface area (Å²) in [5, 5.41) is 29.2. The van der Waals surface area contributed by atoms with Crippen LogP contribution in [0.25, 0.3) is 0 Å². The lowest BCUT2D eigenvalue weighted by Crippen LogP contribution is -2.64. The molecule has 218 valence electrons. The summed E-state index contributed by atoms with van der Waals surface area (Å²) in [5.74, 6) is -3.07. The number of hydrogen-bond acceptors (Lipinski definition) is 8. The van der Waals surface area contributed by atoms with Crippen molar-refractivity contribution < 1.29 is 34.1 Å². The van der Waals surface area contributed by atoms with Crippen LogP contribution in [0.1, 0.15) is 58.9 Å². The van der Waals surface area contributed by atoms with Crippen molar-refractivity contribution in [2.24, 2.45) is 29.1 Å². The number of ketones is 2. The van der Waals surface area contributed by atoms with Crippen molar-refractivity contribution in [3.05, 3.63) is 53.6 Å². The van der Waals surface area contributed by atoms with Gasteiger partial charge in [-0.2, -0.15) is 0 Å². The van der Waals surface area contributed by atoms with Crippen LogP contribution in [0.3, 0.4) is 0 Å². The van der Waals surface area contributed by atoms with E-state index >= 15 is 0 Å². The lowest BCUT2D eigenvalue weighted by molar-refractivity contribution is -0.194. The maximum Gasteiger partial charge on any atom is 0.237 e. The third-order valence-electron chi connectivity index (χ3n) is 11.0. The van der Waals surface area contributed by atoms with E-state index in [2.05, 4.69) is 10.6 Å². The van der Waals surface area contributed by atoms with E-state index in [4.69, 9.17) is 9.47 Å². The first-order valence-electron chi connectivity index (χ1n) is 14.8. The van der Waals surface area contributed by atoms with Gasteiger partial charge >= 0.3 is 0 Å². The molecular weight excluding hydrogens is 524 g/mol. The van der Waals surface area contributed by atoms with Gasteiger partial charge in [-0.1, -0.05) is 50.3 Å². The molecule has 7 rings (SSSR count). The standard InChI is InChI=1S/C32H38N2O7/c1-16-8-7-10-20-26(38)29(4)18(3)25-31(41-29,15-30-19-9-5-6-11-21(19)33-28(30)40-30)34-27(39)32(20,25)23(36)13-12-22(35)24(37)17(2)14-16/h5-7,9-11,14,16,18,20,22,25-26,28,33,35,38H,8,12-13,15H2,1-4H3,(H,34,39)/b10-7-,17-14-/t16-,18-,20-,22-,25-,26-,28+,29-,30+,31+,32+/m0/s1. The summed E-state index contributed by atoms with van der Waals surface area (Å²) in [7, 11) is 0. The van der Waals surface area contributed by atoms with Crippen LogP contribution < -0.4 is 10.6 Å². The molecule has 0 aromatic heterocycles. The Morgan fingerprint density at radius 2 is 1.88 bits per heavy atom. The first-order valence-corrected chi connectivity index (χ1v) is 14.8. The molecule has 11 atom stereocenters. The number of ether oxygens (including phenoxy) is 2. The zero-order valence-corrected chi connectivity index (χ0v) is 23.8. The largest absolute Gasteiger partial charge is 0.389 e. The number of aliphatic hydroxyl groups is 2. The Hall–Kier alpha value is -2.85. The second-order valence-corrected chi connectivity index (χ2v) is 13.3. The van der Waals surface area contributed by atoms with Crippen LogP contribution >= 0.6 is 0 Å². The van der Waals surface area contributed by atoms with Crippen LogP contribution in [-0.2, 0) is 29.5 Å². The molecule has 1 aromatic rings. The first kappa shape index (κ1) is 27.0. The van der Waals surface area contributed by atoms with Gasteiger partial charge in [-0.05, 0) is 50.2 Å². The van der Waals surface area contributed by atoms with Gasteiger partial charge in [0, 0.05) is 35.9 Å². The van der Waals surface area contributed by atoms with Crippen molar-refractivity contribution >= 4 is 23.2 Å². The number of epoxide rings is 1. The van der Waals surface area contributed by atoms with Crippen molar-refractivity contribution in [1.29, 1.82) is 0 Å². The number of benzene rings is 1. The van der Waals surface area contributed by atoms with Gasteiger partial charge in [-0.3, -0.25) is 14.4 Å². The average molecular weight is 563 g/mol. The van der Waals surface area contributed by atoms with Crippen molar-refractivity contribution in [2.75, 3.05) is 5.32 Å². The van der Waals surface area contributed by atoms with Gasteiger partial charge in [0.05, 0.1) is 11.7 Å². The number of Topliss-reactive ketones (excluding diaryl/α,β-unsaturated/α-hetero) is 2. The highest BCUT2D eigenvalue weighted by atomic mass is 16.6. The molecular formula is C32H38N2O7. The predicted octanol–water partition coefficient (Wildman–Crippen LogP) is 2.72. The summed E-state index contributed by atoms with van der Waals surface area (Å²) < 4.78 is 13.1. The van der Waals surface area contributed by atoms with Gasteiger partial charge in [0.25, 0.3) is 0 Å². The van der Waals surface area contributed by atoms with E-state index < -0.39 is 58.1 Å². The third-order valence-corrected chi connectivity index (χ3v) is 11.0. The fraction of sp³-hybridized carbons (Fsp3) is 0.594. The molecule has 9 heteroatoms. The zero-order chi connectivity index (χ0) is 29.1. The highest BCUT2D eigenvalue weighted by molar-refractivity contribution is 6.10. The van der Waals surface area contributed by atoms with E-state index in [1.165, 1.54) is 0 Å². The number of anilines is 1. The van der Waals surface area contributed by atoms with E-state index in [0.717, 1.165) is 11.3 Å². The Morgan fingerprint density at radius 1 is 1.12 bits per heavy atom. The molecule has 6 aliphatic rings. The number of carbonyl (C=O) groups excluding carboxylic acids is 3.